The van der Waals surface area contributed by atoms with Crippen LogP contribution in [0.1, 0.15) is 25.7 Å². The molecule has 0 radical (unpaired) electrons. The molecule has 9 heteroatoms. The zero-order valence-electron chi connectivity index (χ0n) is 11.3. The number of alkyl halides is 3. The summed E-state index contributed by atoms with van der Waals surface area (Å²) in [5.74, 6) is 0.729. The van der Waals surface area contributed by atoms with Gasteiger partial charge in [-0.1, -0.05) is 18.2 Å². The molecule has 1 fully saturated rings. The third kappa shape index (κ3) is 4.62. The number of halogens is 3. The summed E-state index contributed by atoms with van der Waals surface area (Å²) in [6, 6.07) is 0.517. The van der Waals surface area contributed by atoms with Gasteiger partial charge in [-0.05, 0) is 43.3 Å². The van der Waals surface area contributed by atoms with Gasteiger partial charge >= 0.3 is 6.18 Å². The van der Waals surface area contributed by atoms with E-state index in [0.717, 1.165) is 29.8 Å². The van der Waals surface area contributed by atoms with E-state index in [4.69, 9.17) is 0 Å². The molecular formula is C11H18F3N5S. The summed E-state index contributed by atoms with van der Waals surface area (Å²) >= 11 is 1.29. The fourth-order valence-corrected chi connectivity index (χ4v) is 3.28. The van der Waals surface area contributed by atoms with Crippen LogP contribution in [0.5, 0.6) is 0 Å². The average molecular weight is 309 g/mol. The monoisotopic (exact) mass is 309 g/mol. The summed E-state index contributed by atoms with van der Waals surface area (Å²) in [5, 5.41) is 10.6. The molecule has 1 aliphatic rings. The molecule has 0 aliphatic carbocycles. The number of hydrogen-bond donors (Lipinski definition) is 0. The lowest BCUT2D eigenvalue weighted by Gasteiger charge is -2.32. The molecular weight excluding hydrogens is 291 g/mol. The van der Waals surface area contributed by atoms with Crippen molar-refractivity contribution in [3.05, 3.63) is 0 Å². The zero-order valence-corrected chi connectivity index (χ0v) is 12.1. The van der Waals surface area contributed by atoms with Crippen LogP contribution in [0.2, 0.25) is 0 Å². The van der Waals surface area contributed by atoms with Crippen LogP contribution in [0, 0.1) is 0 Å². The molecule has 2 rings (SSSR count). The summed E-state index contributed by atoms with van der Waals surface area (Å²) < 4.78 is 37.8. The largest absolute Gasteiger partial charge is 0.408 e. The second kappa shape index (κ2) is 6.75. The Morgan fingerprint density at radius 3 is 2.85 bits per heavy atom. The van der Waals surface area contributed by atoms with E-state index in [1.165, 1.54) is 24.6 Å². The molecule has 1 saturated heterocycles. The number of hydrogen-bond acceptors (Lipinski definition) is 5. The van der Waals surface area contributed by atoms with Gasteiger partial charge in [0.1, 0.15) is 6.54 Å². The first-order valence-electron chi connectivity index (χ1n) is 6.61. The average Bonchev–Trinajstić information content (AvgIpc) is 2.77. The first kappa shape index (κ1) is 15.6. The third-order valence-corrected chi connectivity index (χ3v) is 4.42. The molecule has 0 spiro atoms. The second-order valence-electron chi connectivity index (χ2n) is 5.00. The topological polar surface area (TPSA) is 46.8 Å². The Kier molecular flexibility index (Phi) is 5.25. The molecule has 0 bridgehead atoms. The maximum Gasteiger partial charge on any atom is 0.408 e. The lowest BCUT2D eigenvalue weighted by molar-refractivity contribution is -0.144. The molecule has 0 aromatic carbocycles. The maximum atomic E-state index is 12.3. The molecule has 0 amide bonds. The molecule has 1 unspecified atom stereocenters. The molecule has 0 saturated carbocycles. The number of piperidine rings is 1. The highest BCUT2D eigenvalue weighted by Gasteiger charge is 2.30. The lowest BCUT2D eigenvalue weighted by atomic mass is 10.0. The Labute approximate surface area is 119 Å². The quantitative estimate of drug-likeness (QED) is 0.780. The molecule has 2 heterocycles. The van der Waals surface area contributed by atoms with Gasteiger partial charge in [0.05, 0.1) is 0 Å². The summed E-state index contributed by atoms with van der Waals surface area (Å²) in [4.78, 5) is 2.32. The van der Waals surface area contributed by atoms with E-state index in [-0.39, 0.29) is 5.16 Å². The smallest absolute Gasteiger partial charge is 0.303 e. The molecule has 1 atom stereocenters. The van der Waals surface area contributed by atoms with Crippen LogP contribution in [0.3, 0.4) is 0 Å². The van der Waals surface area contributed by atoms with Gasteiger partial charge < -0.3 is 4.90 Å². The van der Waals surface area contributed by atoms with E-state index < -0.39 is 12.7 Å². The van der Waals surface area contributed by atoms with Gasteiger partial charge in [0.15, 0.2) is 0 Å². The minimum Gasteiger partial charge on any atom is -0.303 e. The van der Waals surface area contributed by atoms with Crippen LogP contribution in [0.15, 0.2) is 5.16 Å². The molecule has 5 nitrogen and oxygen atoms in total. The van der Waals surface area contributed by atoms with Crippen molar-refractivity contribution in [2.24, 2.45) is 0 Å². The number of thioether (sulfide) groups is 1. The minimum absolute atomic E-state index is 0.237. The zero-order chi connectivity index (χ0) is 14.6. The van der Waals surface area contributed by atoms with E-state index in [1.54, 1.807) is 0 Å². The lowest BCUT2D eigenvalue weighted by Crippen LogP contribution is -2.36. The molecule has 1 aromatic heterocycles. The van der Waals surface area contributed by atoms with Crippen molar-refractivity contribution in [1.82, 2.24) is 25.1 Å². The molecule has 20 heavy (non-hydrogen) atoms. The van der Waals surface area contributed by atoms with Gasteiger partial charge in [0.2, 0.25) is 5.16 Å². The predicted molar refractivity (Wildman–Crippen MR) is 69.5 cm³/mol. The van der Waals surface area contributed by atoms with Gasteiger partial charge in [-0.3, -0.25) is 0 Å². The van der Waals surface area contributed by atoms with Crippen LogP contribution in [0.25, 0.3) is 0 Å². The Hall–Kier alpha value is -0.830. The summed E-state index contributed by atoms with van der Waals surface area (Å²) in [6.45, 7) is -0.0349. The van der Waals surface area contributed by atoms with Gasteiger partial charge in [-0.15, -0.1) is 5.10 Å². The van der Waals surface area contributed by atoms with Crippen molar-refractivity contribution in [1.29, 1.82) is 0 Å². The highest BCUT2D eigenvalue weighted by Crippen LogP contribution is 2.24. The van der Waals surface area contributed by atoms with Crippen molar-refractivity contribution < 1.29 is 13.2 Å². The highest BCUT2D eigenvalue weighted by atomic mass is 32.2. The van der Waals surface area contributed by atoms with Crippen LogP contribution >= 0.6 is 11.8 Å². The van der Waals surface area contributed by atoms with Crippen molar-refractivity contribution in [2.45, 2.75) is 49.6 Å². The number of aromatic nitrogens is 4. The number of rotatable bonds is 5. The van der Waals surface area contributed by atoms with Crippen LogP contribution in [0.4, 0.5) is 13.2 Å². The normalized spacial score (nSPS) is 21.3. The minimum atomic E-state index is -4.30. The van der Waals surface area contributed by atoms with E-state index in [9.17, 15) is 13.2 Å². The molecule has 1 aliphatic heterocycles. The van der Waals surface area contributed by atoms with E-state index in [0.29, 0.717) is 6.04 Å². The van der Waals surface area contributed by atoms with Gasteiger partial charge in [0.25, 0.3) is 0 Å². The van der Waals surface area contributed by atoms with Crippen molar-refractivity contribution in [2.75, 3.05) is 19.3 Å². The highest BCUT2D eigenvalue weighted by molar-refractivity contribution is 7.99. The number of likely N-dealkylation sites (tertiary alicyclic amines) is 1. The van der Waals surface area contributed by atoms with E-state index in [1.807, 2.05) is 0 Å². The first-order valence-corrected chi connectivity index (χ1v) is 7.60. The molecule has 1 aromatic rings. The van der Waals surface area contributed by atoms with Crippen molar-refractivity contribution in [3.8, 4) is 0 Å². The van der Waals surface area contributed by atoms with Crippen LogP contribution in [-0.2, 0) is 6.54 Å². The standard InChI is InChI=1S/C11H18F3N5S/c1-18-6-3-2-4-9(18)5-7-20-10-15-16-17-19(10)8-11(12,13)14/h9H,2-8H2,1H3. The first-order chi connectivity index (χ1) is 9.46. The maximum absolute atomic E-state index is 12.3. The Balaban J connectivity index is 1.81. The fourth-order valence-electron chi connectivity index (χ4n) is 2.36. The summed E-state index contributed by atoms with van der Waals surface area (Å²) in [5.41, 5.74) is 0. The van der Waals surface area contributed by atoms with Crippen molar-refractivity contribution >= 4 is 11.8 Å². The summed E-state index contributed by atoms with van der Waals surface area (Å²) in [7, 11) is 2.10. The second-order valence-corrected chi connectivity index (χ2v) is 6.06. The van der Waals surface area contributed by atoms with E-state index >= 15 is 0 Å². The van der Waals surface area contributed by atoms with E-state index in [2.05, 4.69) is 27.5 Å². The van der Waals surface area contributed by atoms with Crippen LogP contribution in [-0.4, -0.2) is 56.7 Å². The Morgan fingerprint density at radius 2 is 2.15 bits per heavy atom. The van der Waals surface area contributed by atoms with Gasteiger partial charge in [0, 0.05) is 11.8 Å². The fraction of sp³-hybridized carbons (Fsp3) is 0.909. The number of nitrogens with zero attached hydrogens (tertiary/aromatic N) is 5. The van der Waals surface area contributed by atoms with Crippen LogP contribution < -0.4 is 0 Å². The third-order valence-electron chi connectivity index (χ3n) is 3.43. The van der Waals surface area contributed by atoms with Gasteiger partial charge in [-0.2, -0.15) is 13.2 Å². The predicted octanol–water partition coefficient (Wildman–Crippen LogP) is 2.20. The Morgan fingerprint density at radius 1 is 1.35 bits per heavy atom. The number of tetrazole rings is 1. The Bertz CT molecular complexity index is 422. The van der Waals surface area contributed by atoms with Crippen molar-refractivity contribution in [3.63, 3.8) is 0 Å². The SMILES string of the molecule is CN1CCCCC1CCSc1nnnn1CC(F)(F)F. The summed E-state index contributed by atoms with van der Waals surface area (Å²) in [6.07, 6.45) is 0.258. The molecule has 0 N–H and O–H groups in total. The molecule has 114 valence electrons. The van der Waals surface area contributed by atoms with Gasteiger partial charge in [-0.25, -0.2) is 4.68 Å².